The largest absolute Gasteiger partial charge is 0.496 e. The van der Waals surface area contributed by atoms with Gasteiger partial charge in [-0.2, -0.15) is 0 Å². The van der Waals surface area contributed by atoms with Gasteiger partial charge in [0.2, 0.25) is 0 Å². The Morgan fingerprint density at radius 2 is 1.79 bits per heavy atom. The van der Waals surface area contributed by atoms with Crippen LogP contribution in [0, 0.1) is 6.92 Å². The SMILES string of the molecule is COc1ccc(OCc2nc(-c3ccccc3OC)cs2)cc1C. The molecule has 5 heteroatoms. The molecule has 1 aromatic heterocycles. The summed E-state index contributed by atoms with van der Waals surface area (Å²) < 4.78 is 16.5. The van der Waals surface area contributed by atoms with Gasteiger partial charge in [0.15, 0.2) is 0 Å². The van der Waals surface area contributed by atoms with E-state index in [0.717, 1.165) is 39.1 Å². The Kier molecular flexibility index (Phi) is 5.01. The zero-order chi connectivity index (χ0) is 16.9. The summed E-state index contributed by atoms with van der Waals surface area (Å²) in [6.07, 6.45) is 0. The standard InChI is InChI=1S/C19H19NO3S/c1-13-10-14(8-9-17(13)21-2)23-11-19-20-16(12-24-19)15-6-4-5-7-18(15)22-3/h4-10,12H,11H2,1-3H3. The van der Waals surface area contributed by atoms with Crippen LogP contribution in [-0.2, 0) is 6.61 Å². The second kappa shape index (κ2) is 7.36. The van der Waals surface area contributed by atoms with Crippen LogP contribution in [0.3, 0.4) is 0 Å². The molecule has 124 valence electrons. The third-order valence-electron chi connectivity index (χ3n) is 3.66. The maximum Gasteiger partial charge on any atom is 0.140 e. The van der Waals surface area contributed by atoms with Gasteiger partial charge in [-0.05, 0) is 42.8 Å². The van der Waals surface area contributed by atoms with Crippen LogP contribution in [-0.4, -0.2) is 19.2 Å². The third-order valence-corrected chi connectivity index (χ3v) is 4.49. The fourth-order valence-electron chi connectivity index (χ4n) is 2.44. The van der Waals surface area contributed by atoms with Gasteiger partial charge in [0.05, 0.1) is 19.9 Å². The van der Waals surface area contributed by atoms with Crippen molar-refractivity contribution in [3.63, 3.8) is 0 Å². The minimum Gasteiger partial charge on any atom is -0.496 e. The van der Waals surface area contributed by atoms with E-state index < -0.39 is 0 Å². The Morgan fingerprint density at radius 3 is 2.54 bits per heavy atom. The van der Waals surface area contributed by atoms with Crippen LogP contribution in [0.2, 0.25) is 0 Å². The van der Waals surface area contributed by atoms with Gasteiger partial charge in [0.25, 0.3) is 0 Å². The molecule has 3 rings (SSSR count). The molecule has 0 amide bonds. The predicted octanol–water partition coefficient (Wildman–Crippen LogP) is 4.71. The Bertz CT molecular complexity index is 829. The van der Waals surface area contributed by atoms with Gasteiger partial charge in [0, 0.05) is 10.9 Å². The molecule has 0 fully saturated rings. The van der Waals surface area contributed by atoms with Crippen molar-refractivity contribution in [2.75, 3.05) is 14.2 Å². The molecule has 0 saturated heterocycles. The molecule has 0 bridgehead atoms. The van der Waals surface area contributed by atoms with Gasteiger partial charge < -0.3 is 14.2 Å². The summed E-state index contributed by atoms with van der Waals surface area (Å²) in [6.45, 7) is 2.43. The summed E-state index contributed by atoms with van der Waals surface area (Å²) in [5.41, 5.74) is 2.94. The number of para-hydroxylation sites is 1. The van der Waals surface area contributed by atoms with Gasteiger partial charge in [-0.3, -0.25) is 0 Å². The zero-order valence-corrected chi connectivity index (χ0v) is 14.7. The van der Waals surface area contributed by atoms with Crippen molar-refractivity contribution in [1.29, 1.82) is 0 Å². The number of methoxy groups -OCH3 is 2. The Morgan fingerprint density at radius 1 is 1.00 bits per heavy atom. The third kappa shape index (κ3) is 3.51. The van der Waals surface area contributed by atoms with Crippen LogP contribution in [0.4, 0.5) is 0 Å². The first-order valence-electron chi connectivity index (χ1n) is 7.56. The Hall–Kier alpha value is -2.53. The van der Waals surface area contributed by atoms with Crippen molar-refractivity contribution < 1.29 is 14.2 Å². The van der Waals surface area contributed by atoms with E-state index in [1.54, 1.807) is 25.6 Å². The number of benzene rings is 2. The highest BCUT2D eigenvalue weighted by atomic mass is 32.1. The lowest BCUT2D eigenvalue weighted by molar-refractivity contribution is 0.304. The van der Waals surface area contributed by atoms with E-state index in [-0.39, 0.29) is 0 Å². The highest BCUT2D eigenvalue weighted by Crippen LogP contribution is 2.31. The molecule has 0 atom stereocenters. The minimum atomic E-state index is 0.436. The molecule has 0 spiro atoms. The smallest absolute Gasteiger partial charge is 0.140 e. The lowest BCUT2D eigenvalue weighted by Crippen LogP contribution is -1.96. The summed E-state index contributed by atoms with van der Waals surface area (Å²) >= 11 is 1.58. The molecule has 0 aliphatic rings. The summed E-state index contributed by atoms with van der Waals surface area (Å²) in [5, 5.41) is 2.94. The fourth-order valence-corrected chi connectivity index (χ4v) is 3.15. The van der Waals surface area contributed by atoms with E-state index in [1.807, 2.05) is 54.8 Å². The topological polar surface area (TPSA) is 40.6 Å². The quantitative estimate of drug-likeness (QED) is 0.651. The van der Waals surface area contributed by atoms with E-state index in [4.69, 9.17) is 14.2 Å². The van der Waals surface area contributed by atoms with Crippen molar-refractivity contribution >= 4 is 11.3 Å². The Balaban J connectivity index is 1.71. The zero-order valence-electron chi connectivity index (χ0n) is 13.9. The number of thiazole rings is 1. The van der Waals surface area contributed by atoms with Gasteiger partial charge in [-0.1, -0.05) is 12.1 Å². The van der Waals surface area contributed by atoms with Crippen LogP contribution in [0.5, 0.6) is 17.2 Å². The second-order valence-electron chi connectivity index (χ2n) is 5.25. The molecule has 0 unspecified atom stereocenters. The molecule has 0 saturated carbocycles. The monoisotopic (exact) mass is 341 g/mol. The highest BCUT2D eigenvalue weighted by Gasteiger charge is 2.10. The van der Waals surface area contributed by atoms with Crippen LogP contribution in [0.15, 0.2) is 47.8 Å². The first kappa shape index (κ1) is 16.3. The number of aromatic nitrogens is 1. The van der Waals surface area contributed by atoms with Gasteiger partial charge in [0.1, 0.15) is 28.9 Å². The van der Waals surface area contributed by atoms with E-state index in [0.29, 0.717) is 6.61 Å². The molecule has 3 aromatic rings. The first-order chi connectivity index (χ1) is 11.7. The molecule has 0 aliphatic heterocycles. The highest BCUT2D eigenvalue weighted by molar-refractivity contribution is 7.09. The van der Waals surface area contributed by atoms with Crippen LogP contribution in [0.25, 0.3) is 11.3 Å². The number of hydrogen-bond acceptors (Lipinski definition) is 5. The summed E-state index contributed by atoms with van der Waals surface area (Å²) in [6, 6.07) is 13.6. The maximum absolute atomic E-state index is 5.84. The predicted molar refractivity (Wildman–Crippen MR) is 96.2 cm³/mol. The molecule has 2 aromatic carbocycles. The molecule has 0 N–H and O–H groups in total. The van der Waals surface area contributed by atoms with Gasteiger partial charge in [-0.25, -0.2) is 4.98 Å². The second-order valence-corrected chi connectivity index (χ2v) is 6.19. The van der Waals surface area contributed by atoms with Crippen molar-refractivity contribution in [1.82, 2.24) is 4.98 Å². The average Bonchev–Trinajstić information content (AvgIpc) is 3.09. The molecule has 1 heterocycles. The van der Waals surface area contributed by atoms with Crippen molar-refractivity contribution in [3.05, 3.63) is 58.4 Å². The lowest BCUT2D eigenvalue weighted by atomic mass is 10.1. The maximum atomic E-state index is 5.84. The number of nitrogens with zero attached hydrogens (tertiary/aromatic N) is 1. The van der Waals surface area contributed by atoms with Gasteiger partial charge >= 0.3 is 0 Å². The first-order valence-corrected chi connectivity index (χ1v) is 8.44. The Labute approximate surface area is 145 Å². The lowest BCUT2D eigenvalue weighted by Gasteiger charge is -2.08. The number of ether oxygens (including phenoxy) is 3. The number of aryl methyl sites for hydroxylation is 1. The van der Waals surface area contributed by atoms with E-state index in [9.17, 15) is 0 Å². The van der Waals surface area contributed by atoms with E-state index in [1.165, 1.54) is 0 Å². The number of hydrogen-bond donors (Lipinski definition) is 0. The molecular weight excluding hydrogens is 322 g/mol. The summed E-state index contributed by atoms with van der Waals surface area (Å²) in [5.74, 6) is 2.48. The van der Waals surface area contributed by atoms with Crippen molar-refractivity contribution in [3.8, 4) is 28.5 Å². The number of rotatable bonds is 6. The fraction of sp³-hybridized carbons (Fsp3) is 0.211. The van der Waals surface area contributed by atoms with Crippen molar-refractivity contribution in [2.24, 2.45) is 0 Å². The van der Waals surface area contributed by atoms with Crippen molar-refractivity contribution in [2.45, 2.75) is 13.5 Å². The van der Waals surface area contributed by atoms with Gasteiger partial charge in [-0.15, -0.1) is 11.3 Å². The summed E-state index contributed by atoms with van der Waals surface area (Å²) in [4.78, 5) is 4.65. The van der Waals surface area contributed by atoms with E-state index in [2.05, 4.69) is 4.98 Å². The molecule has 4 nitrogen and oxygen atoms in total. The van der Waals surface area contributed by atoms with Crippen LogP contribution in [0.1, 0.15) is 10.6 Å². The minimum absolute atomic E-state index is 0.436. The molecule has 0 aliphatic carbocycles. The molecular formula is C19H19NO3S. The van der Waals surface area contributed by atoms with Crippen LogP contribution < -0.4 is 14.2 Å². The molecule has 0 radical (unpaired) electrons. The average molecular weight is 341 g/mol. The van der Waals surface area contributed by atoms with Crippen LogP contribution >= 0.6 is 11.3 Å². The molecule has 24 heavy (non-hydrogen) atoms. The normalized spacial score (nSPS) is 10.5. The van der Waals surface area contributed by atoms with E-state index >= 15 is 0 Å². The summed E-state index contributed by atoms with van der Waals surface area (Å²) in [7, 11) is 3.33.